The molecule has 0 bridgehead atoms. The highest BCUT2D eigenvalue weighted by molar-refractivity contribution is 6.31. The molecule has 1 atom stereocenters. The highest BCUT2D eigenvalue weighted by Crippen LogP contribution is 2.32. The van der Waals surface area contributed by atoms with E-state index in [9.17, 15) is 18.4 Å². The molecule has 31 heavy (non-hydrogen) atoms. The van der Waals surface area contributed by atoms with Crippen molar-refractivity contribution in [2.75, 3.05) is 33.7 Å². The number of amides is 2. The number of hydrogen-bond acceptors (Lipinski definition) is 4. The number of fused-ring (bicyclic) bond motifs is 1. The first-order valence-electron chi connectivity index (χ1n) is 10.2. The molecule has 3 heterocycles. The Kier molecular flexibility index (Phi) is 5.98. The first-order valence-corrected chi connectivity index (χ1v) is 10.6. The first kappa shape index (κ1) is 21.7. The van der Waals surface area contributed by atoms with Gasteiger partial charge in [0.2, 0.25) is 5.91 Å². The van der Waals surface area contributed by atoms with Crippen molar-refractivity contribution in [3.63, 3.8) is 0 Å². The number of hydrogen-bond donors (Lipinski definition) is 1. The molecule has 1 fully saturated rings. The van der Waals surface area contributed by atoms with Crippen LogP contribution in [0.4, 0.5) is 8.78 Å². The molecule has 1 aromatic carbocycles. The zero-order valence-corrected chi connectivity index (χ0v) is 18.2. The van der Waals surface area contributed by atoms with E-state index in [4.69, 9.17) is 11.6 Å². The molecule has 1 unspecified atom stereocenters. The van der Waals surface area contributed by atoms with Crippen LogP contribution in [0.3, 0.4) is 0 Å². The van der Waals surface area contributed by atoms with Gasteiger partial charge in [-0.15, -0.1) is 0 Å². The van der Waals surface area contributed by atoms with Gasteiger partial charge in [0.05, 0.1) is 22.2 Å². The van der Waals surface area contributed by atoms with Crippen molar-refractivity contribution in [2.24, 2.45) is 5.92 Å². The van der Waals surface area contributed by atoms with Crippen molar-refractivity contribution in [3.8, 4) is 11.4 Å². The molecule has 2 aromatic rings. The van der Waals surface area contributed by atoms with Crippen molar-refractivity contribution >= 4 is 23.4 Å². The number of rotatable bonds is 3. The van der Waals surface area contributed by atoms with Crippen LogP contribution in [0.2, 0.25) is 5.02 Å². The third kappa shape index (κ3) is 4.04. The van der Waals surface area contributed by atoms with Crippen LogP contribution in [-0.2, 0) is 17.9 Å². The quantitative estimate of drug-likeness (QED) is 0.728. The Hall–Kier alpha value is -2.52. The van der Waals surface area contributed by atoms with Crippen LogP contribution >= 0.6 is 11.6 Å². The van der Waals surface area contributed by atoms with E-state index in [2.05, 4.69) is 15.2 Å². The van der Waals surface area contributed by atoms with E-state index in [-0.39, 0.29) is 39.8 Å². The molecule has 0 spiro atoms. The molecular weight excluding hydrogens is 428 g/mol. The number of halogens is 3. The van der Waals surface area contributed by atoms with Crippen molar-refractivity contribution in [1.82, 2.24) is 24.7 Å². The molecule has 2 aliphatic rings. The van der Waals surface area contributed by atoms with Gasteiger partial charge in [-0.05, 0) is 32.5 Å². The van der Waals surface area contributed by atoms with Crippen molar-refractivity contribution in [1.29, 1.82) is 0 Å². The molecule has 2 amide bonds. The predicted molar refractivity (Wildman–Crippen MR) is 112 cm³/mol. The van der Waals surface area contributed by atoms with Crippen LogP contribution in [0.5, 0.6) is 0 Å². The average Bonchev–Trinajstić information content (AvgIpc) is 3.31. The second kappa shape index (κ2) is 8.55. The molecule has 0 radical (unpaired) electrons. The second-order valence-corrected chi connectivity index (χ2v) is 8.48. The van der Waals surface area contributed by atoms with E-state index in [1.54, 1.807) is 11.9 Å². The molecule has 1 N–H and O–H groups in total. The molecule has 0 saturated carbocycles. The lowest BCUT2D eigenvalue weighted by Crippen LogP contribution is -2.34. The molecule has 7 nitrogen and oxygen atoms in total. The number of likely N-dealkylation sites (tertiary alicyclic amines) is 1. The molecule has 4 rings (SSSR count). The van der Waals surface area contributed by atoms with E-state index in [0.717, 1.165) is 19.0 Å². The predicted octanol–water partition coefficient (Wildman–Crippen LogP) is 2.53. The summed E-state index contributed by atoms with van der Waals surface area (Å²) in [7, 11) is 3.52. The summed E-state index contributed by atoms with van der Waals surface area (Å²) in [5, 5.41) is 2.42. The van der Waals surface area contributed by atoms with Crippen LogP contribution in [0, 0.1) is 17.6 Å². The van der Waals surface area contributed by atoms with Crippen LogP contribution in [0.15, 0.2) is 12.1 Å². The lowest BCUT2D eigenvalue weighted by Gasteiger charge is -2.17. The summed E-state index contributed by atoms with van der Waals surface area (Å²) in [6.45, 7) is 2.59. The normalized spacial score (nSPS) is 19.3. The fraction of sp³-hybridized carbons (Fsp3) is 0.476. The molecule has 10 heteroatoms. The number of nitrogens with one attached hydrogen (secondary N) is 1. The van der Waals surface area contributed by atoms with Crippen LogP contribution in [0.1, 0.15) is 29.0 Å². The number of aromatic nitrogens is 2. The zero-order valence-electron chi connectivity index (χ0n) is 17.4. The summed E-state index contributed by atoms with van der Waals surface area (Å²) < 4.78 is 30.2. The van der Waals surface area contributed by atoms with E-state index >= 15 is 0 Å². The maximum absolute atomic E-state index is 14.7. The van der Waals surface area contributed by atoms with E-state index in [1.165, 1.54) is 6.07 Å². The lowest BCUT2D eigenvalue weighted by atomic mass is 10.1. The smallest absolute Gasteiger partial charge is 0.274 e. The van der Waals surface area contributed by atoms with Crippen molar-refractivity contribution < 1.29 is 18.4 Å². The molecule has 0 aliphatic carbocycles. The number of imidazole rings is 1. The van der Waals surface area contributed by atoms with Gasteiger partial charge in [0, 0.05) is 39.3 Å². The number of benzene rings is 1. The van der Waals surface area contributed by atoms with Crippen LogP contribution in [0.25, 0.3) is 11.4 Å². The molecule has 166 valence electrons. The average molecular weight is 452 g/mol. The van der Waals surface area contributed by atoms with Crippen LogP contribution < -0.4 is 5.32 Å². The minimum Gasteiger partial charge on any atom is -0.359 e. The van der Waals surface area contributed by atoms with Crippen LogP contribution in [-0.4, -0.2) is 64.9 Å². The Balaban J connectivity index is 1.76. The van der Waals surface area contributed by atoms with Gasteiger partial charge in [-0.25, -0.2) is 13.8 Å². The topological polar surface area (TPSA) is 70.5 Å². The molecule has 2 aliphatic heterocycles. The monoisotopic (exact) mass is 451 g/mol. The third-order valence-electron chi connectivity index (χ3n) is 5.96. The maximum Gasteiger partial charge on any atom is 0.274 e. The number of carbonyl (C=O) groups excluding carboxylic acids is 2. The Morgan fingerprint density at radius 1 is 1.19 bits per heavy atom. The summed E-state index contributed by atoms with van der Waals surface area (Å²) in [5.41, 5.74) is 0.977. The Morgan fingerprint density at radius 2 is 1.97 bits per heavy atom. The summed E-state index contributed by atoms with van der Waals surface area (Å²) in [5.74, 6) is -2.01. The zero-order chi connectivity index (χ0) is 22.3. The minimum atomic E-state index is -0.848. The van der Waals surface area contributed by atoms with Gasteiger partial charge in [-0.2, -0.15) is 0 Å². The van der Waals surface area contributed by atoms with Gasteiger partial charge in [0.25, 0.3) is 5.91 Å². The first-order chi connectivity index (χ1) is 14.8. The Labute approximate surface area is 184 Å². The van der Waals surface area contributed by atoms with E-state index in [1.807, 2.05) is 11.6 Å². The minimum absolute atomic E-state index is 0.0564. The highest BCUT2D eigenvalue weighted by atomic mass is 35.5. The van der Waals surface area contributed by atoms with Gasteiger partial charge in [-0.3, -0.25) is 9.59 Å². The van der Waals surface area contributed by atoms with E-state index in [0.29, 0.717) is 38.3 Å². The second-order valence-electron chi connectivity index (χ2n) is 8.07. The fourth-order valence-electron chi connectivity index (χ4n) is 4.30. The number of nitrogens with zero attached hydrogens (tertiary/aromatic N) is 4. The van der Waals surface area contributed by atoms with Gasteiger partial charge >= 0.3 is 0 Å². The molecular formula is C21H24ClF2N5O2. The van der Waals surface area contributed by atoms with Gasteiger partial charge < -0.3 is 19.7 Å². The Bertz CT molecular complexity index is 1040. The SMILES string of the molecule is CNC(=O)C1CCN(C(=O)c2nc(-c3cc(Cl)c(F)cc3F)n3c2CN(C)CCC3)C1. The maximum atomic E-state index is 14.7. The van der Waals surface area contributed by atoms with E-state index < -0.39 is 11.6 Å². The fourth-order valence-corrected chi connectivity index (χ4v) is 4.47. The summed E-state index contributed by atoms with van der Waals surface area (Å²) >= 11 is 5.91. The number of carbonyl (C=O) groups is 2. The van der Waals surface area contributed by atoms with Crippen molar-refractivity contribution in [3.05, 3.63) is 40.2 Å². The Morgan fingerprint density at radius 3 is 2.71 bits per heavy atom. The summed E-state index contributed by atoms with van der Waals surface area (Å²) in [4.78, 5) is 33.6. The third-order valence-corrected chi connectivity index (χ3v) is 6.25. The van der Waals surface area contributed by atoms with Gasteiger partial charge in [-0.1, -0.05) is 11.6 Å². The van der Waals surface area contributed by atoms with Gasteiger partial charge in [0.15, 0.2) is 5.69 Å². The lowest BCUT2D eigenvalue weighted by molar-refractivity contribution is -0.124. The van der Waals surface area contributed by atoms with Crippen molar-refractivity contribution in [2.45, 2.75) is 25.9 Å². The highest BCUT2D eigenvalue weighted by Gasteiger charge is 2.35. The molecule has 1 aromatic heterocycles. The standard InChI is InChI=1S/C21H24ClF2N5O2/c1-25-20(30)12-4-7-28(10-12)21(31)18-17-11-27(2)5-3-6-29(17)19(26-18)13-8-14(22)16(24)9-15(13)23/h8-9,12H,3-7,10-11H2,1-2H3,(H,25,30). The largest absolute Gasteiger partial charge is 0.359 e. The summed E-state index contributed by atoms with van der Waals surface area (Å²) in [6.07, 6.45) is 1.37. The van der Waals surface area contributed by atoms with Gasteiger partial charge in [0.1, 0.15) is 17.5 Å². The summed E-state index contributed by atoms with van der Waals surface area (Å²) in [6, 6.07) is 1.94. The molecule has 1 saturated heterocycles.